The number of nitrogens with zero attached hydrogens (tertiary/aromatic N) is 4. The second-order valence-corrected chi connectivity index (χ2v) is 9.33. The minimum absolute atomic E-state index is 0.239. The number of thiophene rings is 1. The fourth-order valence-electron chi connectivity index (χ4n) is 3.29. The first-order chi connectivity index (χ1) is 13.8. The number of halogens is 1. The highest BCUT2D eigenvalue weighted by Gasteiger charge is 2.27. The summed E-state index contributed by atoms with van der Waals surface area (Å²) in [7, 11) is 0. The number of fused-ring (bicyclic) bond motifs is 1. The van der Waals surface area contributed by atoms with Crippen molar-refractivity contribution in [3.63, 3.8) is 0 Å². The summed E-state index contributed by atoms with van der Waals surface area (Å²) in [5.74, 6) is 0.822. The van der Waals surface area contributed by atoms with E-state index in [-0.39, 0.29) is 11.4 Å². The minimum Gasteiger partial charge on any atom is -0.444 e. The SMILES string of the molecule is CC(C)(C)OC(=O)N1CCN(c2nc(Cl)nc3sc(-c4ccccc4)cc23)CC1. The van der Waals surface area contributed by atoms with Crippen LogP contribution in [-0.2, 0) is 4.74 Å². The molecule has 29 heavy (non-hydrogen) atoms. The van der Waals surface area contributed by atoms with Gasteiger partial charge in [0, 0.05) is 31.1 Å². The van der Waals surface area contributed by atoms with Crippen LogP contribution in [0.5, 0.6) is 0 Å². The van der Waals surface area contributed by atoms with E-state index in [9.17, 15) is 4.79 Å². The predicted octanol–water partition coefficient (Wildman–Crippen LogP) is 5.07. The molecule has 1 amide bonds. The number of rotatable bonds is 2. The van der Waals surface area contributed by atoms with Crippen LogP contribution in [0, 0.1) is 0 Å². The number of hydrogen-bond acceptors (Lipinski definition) is 6. The number of benzene rings is 1. The molecule has 0 aliphatic carbocycles. The maximum Gasteiger partial charge on any atom is 0.410 e. The number of amides is 1. The Morgan fingerprint density at radius 3 is 2.45 bits per heavy atom. The van der Waals surface area contributed by atoms with Gasteiger partial charge < -0.3 is 14.5 Å². The molecule has 0 N–H and O–H groups in total. The zero-order valence-electron chi connectivity index (χ0n) is 16.7. The first-order valence-electron chi connectivity index (χ1n) is 9.55. The number of anilines is 1. The molecule has 0 radical (unpaired) electrons. The lowest BCUT2D eigenvalue weighted by Crippen LogP contribution is -2.50. The van der Waals surface area contributed by atoms with Crippen LogP contribution in [0.25, 0.3) is 20.7 Å². The molecule has 8 heteroatoms. The molecule has 4 rings (SSSR count). The predicted molar refractivity (Wildman–Crippen MR) is 118 cm³/mol. The second-order valence-electron chi connectivity index (χ2n) is 7.97. The second kappa shape index (κ2) is 7.80. The fourth-order valence-corrected chi connectivity index (χ4v) is 4.54. The van der Waals surface area contributed by atoms with Gasteiger partial charge in [0.15, 0.2) is 0 Å². The van der Waals surface area contributed by atoms with Crippen LogP contribution in [-0.4, -0.2) is 52.7 Å². The van der Waals surface area contributed by atoms with Gasteiger partial charge in [0.2, 0.25) is 5.28 Å². The maximum atomic E-state index is 12.3. The van der Waals surface area contributed by atoms with E-state index in [1.807, 2.05) is 39.0 Å². The fraction of sp³-hybridized carbons (Fsp3) is 0.381. The Labute approximate surface area is 179 Å². The first-order valence-corrected chi connectivity index (χ1v) is 10.7. The molecule has 0 bridgehead atoms. The summed E-state index contributed by atoms with van der Waals surface area (Å²) < 4.78 is 5.48. The van der Waals surface area contributed by atoms with Crippen LogP contribution in [0.1, 0.15) is 20.8 Å². The molecule has 1 aromatic carbocycles. The van der Waals surface area contributed by atoms with E-state index in [0.717, 1.165) is 26.5 Å². The number of hydrogen-bond donors (Lipinski definition) is 0. The highest BCUT2D eigenvalue weighted by atomic mass is 35.5. The Morgan fingerprint density at radius 2 is 1.79 bits per heavy atom. The molecule has 0 saturated carbocycles. The third-order valence-electron chi connectivity index (χ3n) is 4.63. The van der Waals surface area contributed by atoms with Crippen molar-refractivity contribution in [1.82, 2.24) is 14.9 Å². The van der Waals surface area contributed by atoms with Gasteiger partial charge in [-0.3, -0.25) is 0 Å². The standard InChI is InChI=1S/C21H23ClN4O2S/c1-21(2,3)28-20(27)26-11-9-25(10-12-26)17-15-13-16(14-7-5-4-6-8-14)29-18(15)24-19(22)23-17/h4-8,13H,9-12H2,1-3H3. The largest absolute Gasteiger partial charge is 0.444 e. The summed E-state index contributed by atoms with van der Waals surface area (Å²) >= 11 is 7.83. The van der Waals surface area contributed by atoms with E-state index in [1.54, 1.807) is 16.2 Å². The highest BCUT2D eigenvalue weighted by molar-refractivity contribution is 7.22. The zero-order valence-corrected chi connectivity index (χ0v) is 18.3. The molecule has 3 heterocycles. The molecule has 1 aliphatic rings. The number of piperazine rings is 1. The molecule has 2 aromatic heterocycles. The number of aromatic nitrogens is 2. The van der Waals surface area contributed by atoms with Crippen molar-refractivity contribution in [2.45, 2.75) is 26.4 Å². The summed E-state index contributed by atoms with van der Waals surface area (Å²) in [5.41, 5.74) is 0.651. The third kappa shape index (κ3) is 4.46. The first kappa shape index (κ1) is 19.9. The molecule has 0 atom stereocenters. The number of carbonyl (C=O) groups excluding carboxylic acids is 1. The van der Waals surface area contributed by atoms with Crippen LogP contribution in [0.15, 0.2) is 36.4 Å². The van der Waals surface area contributed by atoms with E-state index in [0.29, 0.717) is 26.2 Å². The summed E-state index contributed by atoms with van der Waals surface area (Å²) in [4.78, 5) is 27.2. The molecule has 1 aliphatic heterocycles. The molecular formula is C21H23ClN4O2S. The van der Waals surface area contributed by atoms with Crippen molar-refractivity contribution in [2.24, 2.45) is 0 Å². The van der Waals surface area contributed by atoms with E-state index < -0.39 is 5.60 Å². The van der Waals surface area contributed by atoms with E-state index in [2.05, 4.69) is 33.1 Å². The van der Waals surface area contributed by atoms with Crippen LogP contribution < -0.4 is 4.90 Å². The van der Waals surface area contributed by atoms with Crippen LogP contribution >= 0.6 is 22.9 Å². The van der Waals surface area contributed by atoms with Gasteiger partial charge in [-0.05, 0) is 44.0 Å². The van der Waals surface area contributed by atoms with Crippen molar-refractivity contribution in [3.05, 3.63) is 41.7 Å². The Morgan fingerprint density at radius 1 is 1.10 bits per heavy atom. The van der Waals surface area contributed by atoms with Gasteiger partial charge >= 0.3 is 6.09 Å². The van der Waals surface area contributed by atoms with Crippen molar-refractivity contribution in [2.75, 3.05) is 31.1 Å². The van der Waals surface area contributed by atoms with Gasteiger partial charge in [0.05, 0.1) is 5.39 Å². The van der Waals surface area contributed by atoms with Gasteiger partial charge in [-0.25, -0.2) is 9.78 Å². The molecule has 1 saturated heterocycles. The lowest BCUT2D eigenvalue weighted by molar-refractivity contribution is 0.0240. The van der Waals surface area contributed by atoms with E-state index in [1.165, 1.54) is 0 Å². The lowest BCUT2D eigenvalue weighted by Gasteiger charge is -2.36. The van der Waals surface area contributed by atoms with Gasteiger partial charge in [-0.2, -0.15) is 4.98 Å². The average molecular weight is 431 g/mol. The normalized spacial score (nSPS) is 15.0. The van der Waals surface area contributed by atoms with E-state index in [4.69, 9.17) is 16.3 Å². The quantitative estimate of drug-likeness (QED) is 0.531. The highest BCUT2D eigenvalue weighted by Crippen LogP contribution is 2.37. The molecule has 152 valence electrons. The Bertz CT molecular complexity index is 1020. The van der Waals surface area contributed by atoms with Gasteiger partial charge in [-0.1, -0.05) is 30.3 Å². The Kier molecular flexibility index (Phi) is 5.36. The van der Waals surface area contributed by atoms with Crippen molar-refractivity contribution < 1.29 is 9.53 Å². The molecular weight excluding hydrogens is 408 g/mol. The van der Waals surface area contributed by atoms with Crippen molar-refractivity contribution in [1.29, 1.82) is 0 Å². The monoisotopic (exact) mass is 430 g/mol. The smallest absolute Gasteiger partial charge is 0.410 e. The Hall–Kier alpha value is -2.38. The summed E-state index contributed by atoms with van der Waals surface area (Å²) in [6.07, 6.45) is -0.273. The van der Waals surface area contributed by atoms with Crippen molar-refractivity contribution >= 4 is 45.1 Å². The van der Waals surface area contributed by atoms with Gasteiger partial charge in [0.1, 0.15) is 16.2 Å². The Balaban J connectivity index is 1.57. The van der Waals surface area contributed by atoms with Crippen LogP contribution in [0.4, 0.5) is 10.6 Å². The van der Waals surface area contributed by atoms with Crippen LogP contribution in [0.3, 0.4) is 0 Å². The zero-order chi connectivity index (χ0) is 20.6. The number of ether oxygens (including phenoxy) is 1. The molecule has 3 aromatic rings. The minimum atomic E-state index is -0.495. The van der Waals surface area contributed by atoms with Gasteiger partial charge in [-0.15, -0.1) is 11.3 Å². The van der Waals surface area contributed by atoms with Crippen LogP contribution in [0.2, 0.25) is 5.28 Å². The molecule has 0 spiro atoms. The summed E-state index contributed by atoms with van der Waals surface area (Å²) in [6, 6.07) is 12.3. The van der Waals surface area contributed by atoms with E-state index >= 15 is 0 Å². The van der Waals surface area contributed by atoms with Gasteiger partial charge in [0.25, 0.3) is 0 Å². The topological polar surface area (TPSA) is 58.6 Å². The van der Waals surface area contributed by atoms with Crippen molar-refractivity contribution in [3.8, 4) is 10.4 Å². The summed E-state index contributed by atoms with van der Waals surface area (Å²) in [5, 5.41) is 1.23. The molecule has 0 unspecified atom stereocenters. The maximum absolute atomic E-state index is 12.3. The molecule has 6 nitrogen and oxygen atoms in total. The number of carbonyl (C=O) groups is 1. The third-order valence-corrected chi connectivity index (χ3v) is 5.88. The molecule has 1 fully saturated rings. The summed E-state index contributed by atoms with van der Waals surface area (Å²) in [6.45, 7) is 8.11. The average Bonchev–Trinajstić information content (AvgIpc) is 3.11. The lowest BCUT2D eigenvalue weighted by atomic mass is 10.2.